The normalized spacial score (nSPS) is 13.5. The number of aromatic nitrogens is 2. The Labute approximate surface area is 164 Å². The van der Waals surface area contributed by atoms with Gasteiger partial charge < -0.3 is 14.4 Å². The van der Waals surface area contributed by atoms with Gasteiger partial charge in [-0.15, -0.1) is 0 Å². The molecule has 0 saturated carbocycles. The predicted molar refractivity (Wildman–Crippen MR) is 113 cm³/mol. The molecule has 0 N–H and O–H groups in total. The predicted octanol–water partition coefficient (Wildman–Crippen LogP) is 3.26. The lowest BCUT2D eigenvalue weighted by Gasteiger charge is -2.37. The highest BCUT2D eigenvalue weighted by Gasteiger charge is 2.25. The maximum atomic E-state index is 12.5. The topological polar surface area (TPSA) is 65.2 Å². The third-order valence-electron chi connectivity index (χ3n) is 5.60. The van der Waals surface area contributed by atoms with Crippen LogP contribution in [-0.4, -0.2) is 29.7 Å². The number of rotatable bonds is 2. The van der Waals surface area contributed by atoms with Gasteiger partial charge in [0.25, 0.3) is 5.56 Å². The van der Waals surface area contributed by atoms with Crippen molar-refractivity contribution < 1.29 is 0 Å². The van der Waals surface area contributed by atoms with E-state index in [9.17, 15) is 10.1 Å². The number of nitrogens with zero attached hydrogens (tertiary/aromatic N) is 5. The zero-order chi connectivity index (χ0) is 20.0. The van der Waals surface area contributed by atoms with Crippen molar-refractivity contribution in [3.8, 4) is 6.07 Å². The van der Waals surface area contributed by atoms with Crippen molar-refractivity contribution in [1.82, 2.24) is 9.55 Å². The van der Waals surface area contributed by atoms with Gasteiger partial charge in [-0.25, -0.2) is 4.98 Å². The van der Waals surface area contributed by atoms with Crippen LogP contribution in [0.5, 0.6) is 0 Å². The Morgan fingerprint density at radius 3 is 2.61 bits per heavy atom. The highest BCUT2D eigenvalue weighted by Crippen LogP contribution is 2.40. The molecule has 0 atom stereocenters. The van der Waals surface area contributed by atoms with Crippen LogP contribution in [0, 0.1) is 18.3 Å². The fourth-order valence-electron chi connectivity index (χ4n) is 3.94. The van der Waals surface area contributed by atoms with E-state index in [-0.39, 0.29) is 5.56 Å². The Morgan fingerprint density at radius 2 is 1.89 bits per heavy atom. The summed E-state index contributed by atoms with van der Waals surface area (Å²) in [5, 5.41) is 10.3. The van der Waals surface area contributed by atoms with Gasteiger partial charge in [0, 0.05) is 44.2 Å². The van der Waals surface area contributed by atoms with Crippen LogP contribution in [0.1, 0.15) is 23.7 Å². The lowest BCUT2D eigenvalue weighted by molar-refractivity contribution is 0.818. The summed E-state index contributed by atoms with van der Waals surface area (Å²) in [6.45, 7) is 5.62. The lowest BCUT2D eigenvalue weighted by Crippen LogP contribution is -2.37. The van der Waals surface area contributed by atoms with Gasteiger partial charge in [-0.05, 0) is 37.1 Å². The van der Waals surface area contributed by atoms with Gasteiger partial charge in [0.15, 0.2) is 0 Å². The van der Waals surface area contributed by atoms with E-state index in [1.807, 2.05) is 33.2 Å². The summed E-state index contributed by atoms with van der Waals surface area (Å²) >= 11 is 0. The summed E-state index contributed by atoms with van der Waals surface area (Å²) in [6, 6.07) is 10.3. The van der Waals surface area contributed by atoms with Gasteiger partial charge in [0.2, 0.25) is 0 Å². The monoisotopic (exact) mass is 373 g/mol. The third kappa shape index (κ3) is 2.71. The molecule has 1 aromatic carbocycles. The molecule has 0 saturated heterocycles. The fraction of sp³-hybridized carbons (Fsp3) is 0.318. The summed E-state index contributed by atoms with van der Waals surface area (Å²) in [5.41, 5.74) is 6.35. The fourth-order valence-corrected chi connectivity index (χ4v) is 3.94. The average molecular weight is 373 g/mol. The Kier molecular flexibility index (Phi) is 4.31. The molecule has 6 heteroatoms. The second kappa shape index (κ2) is 6.68. The van der Waals surface area contributed by atoms with Crippen LogP contribution in [0.15, 0.2) is 35.3 Å². The molecule has 6 nitrogen and oxygen atoms in total. The zero-order valence-electron chi connectivity index (χ0n) is 16.7. The van der Waals surface area contributed by atoms with Crippen molar-refractivity contribution in [2.75, 3.05) is 29.9 Å². The van der Waals surface area contributed by atoms with Crippen LogP contribution in [0.25, 0.3) is 10.9 Å². The van der Waals surface area contributed by atoms with Crippen molar-refractivity contribution in [3.63, 3.8) is 0 Å². The minimum atomic E-state index is 0.0332. The van der Waals surface area contributed by atoms with Crippen LogP contribution < -0.4 is 15.4 Å². The first kappa shape index (κ1) is 18.1. The van der Waals surface area contributed by atoms with Gasteiger partial charge in [0.1, 0.15) is 11.8 Å². The van der Waals surface area contributed by atoms with E-state index < -0.39 is 0 Å². The number of nitriles is 1. The summed E-state index contributed by atoms with van der Waals surface area (Å²) in [7, 11) is 3.87. The summed E-state index contributed by atoms with van der Waals surface area (Å²) in [6.07, 6.45) is 2.67. The largest absolute Gasteiger partial charge is 0.371 e. The van der Waals surface area contributed by atoms with Crippen molar-refractivity contribution >= 4 is 28.0 Å². The van der Waals surface area contributed by atoms with Crippen LogP contribution in [-0.2, 0) is 13.5 Å². The third-order valence-corrected chi connectivity index (χ3v) is 5.60. The van der Waals surface area contributed by atoms with E-state index in [1.165, 1.54) is 5.56 Å². The number of hydrogen-bond donors (Lipinski definition) is 0. The molecule has 3 aromatic rings. The highest BCUT2D eigenvalue weighted by molar-refractivity contribution is 5.97. The second-order valence-electron chi connectivity index (χ2n) is 7.34. The minimum Gasteiger partial charge on any atom is -0.371 e. The van der Waals surface area contributed by atoms with E-state index in [0.29, 0.717) is 5.69 Å². The number of benzene rings is 1. The van der Waals surface area contributed by atoms with Crippen molar-refractivity contribution in [1.29, 1.82) is 5.26 Å². The van der Waals surface area contributed by atoms with Crippen molar-refractivity contribution in [2.24, 2.45) is 7.05 Å². The first-order chi connectivity index (χ1) is 13.4. The van der Waals surface area contributed by atoms with E-state index in [2.05, 4.69) is 39.9 Å². The maximum Gasteiger partial charge on any atom is 0.253 e. The smallest absolute Gasteiger partial charge is 0.253 e. The number of anilines is 3. The summed E-state index contributed by atoms with van der Waals surface area (Å²) < 4.78 is 1.74. The van der Waals surface area contributed by atoms with E-state index in [4.69, 9.17) is 0 Å². The molecule has 4 rings (SSSR count). The standard InChI is InChI=1S/C22H23N5O/c1-5-15-9-18-17(8-14(2)22(28)26(18)4)19(10-15)27-7-6-25(3)20-11-16(12-23)24-13-21(20)27/h8-11,13H,5-7H2,1-4H3. The SMILES string of the molecule is CCc1cc(N2CCN(C)c3cc(C#N)ncc32)c2cc(C)c(=O)n(C)c2c1. The molecule has 0 aliphatic carbocycles. The van der Waals surface area contributed by atoms with E-state index in [1.54, 1.807) is 10.8 Å². The Balaban J connectivity index is 2.01. The Bertz CT molecular complexity index is 1190. The quantitative estimate of drug-likeness (QED) is 0.690. The number of likely N-dealkylation sites (N-methyl/N-ethyl adjacent to an activating group) is 1. The average Bonchev–Trinajstić information content (AvgIpc) is 2.72. The lowest BCUT2D eigenvalue weighted by atomic mass is 10.0. The first-order valence-corrected chi connectivity index (χ1v) is 9.46. The first-order valence-electron chi connectivity index (χ1n) is 9.46. The molecule has 28 heavy (non-hydrogen) atoms. The number of fused-ring (bicyclic) bond motifs is 2. The zero-order valence-corrected chi connectivity index (χ0v) is 16.7. The van der Waals surface area contributed by atoms with E-state index in [0.717, 1.165) is 53.0 Å². The number of pyridine rings is 2. The minimum absolute atomic E-state index is 0.0332. The number of aryl methyl sites for hydroxylation is 3. The molecule has 3 heterocycles. The van der Waals surface area contributed by atoms with Gasteiger partial charge in [-0.1, -0.05) is 6.92 Å². The molecule has 1 aliphatic rings. The molecule has 142 valence electrons. The van der Waals surface area contributed by atoms with Gasteiger partial charge in [-0.3, -0.25) is 4.79 Å². The molecule has 0 unspecified atom stereocenters. The van der Waals surface area contributed by atoms with Crippen LogP contribution >= 0.6 is 0 Å². The number of hydrogen-bond acceptors (Lipinski definition) is 5. The van der Waals surface area contributed by atoms with Gasteiger partial charge in [0.05, 0.1) is 28.8 Å². The maximum absolute atomic E-state index is 12.5. The Morgan fingerprint density at radius 1 is 1.11 bits per heavy atom. The van der Waals surface area contributed by atoms with Crippen LogP contribution in [0.4, 0.5) is 17.1 Å². The van der Waals surface area contributed by atoms with Crippen LogP contribution in [0.2, 0.25) is 0 Å². The van der Waals surface area contributed by atoms with Crippen molar-refractivity contribution in [3.05, 3.63) is 57.6 Å². The van der Waals surface area contributed by atoms with Gasteiger partial charge in [-0.2, -0.15) is 5.26 Å². The molecular weight excluding hydrogens is 350 g/mol. The molecule has 0 fully saturated rings. The molecule has 0 radical (unpaired) electrons. The molecule has 2 aromatic heterocycles. The Hall–Kier alpha value is -3.33. The summed E-state index contributed by atoms with van der Waals surface area (Å²) in [4.78, 5) is 21.2. The molecular formula is C22H23N5O. The second-order valence-corrected chi connectivity index (χ2v) is 7.34. The van der Waals surface area contributed by atoms with E-state index >= 15 is 0 Å². The molecule has 0 bridgehead atoms. The molecule has 0 spiro atoms. The molecule has 1 aliphatic heterocycles. The van der Waals surface area contributed by atoms with Crippen molar-refractivity contribution in [2.45, 2.75) is 20.3 Å². The van der Waals surface area contributed by atoms with Gasteiger partial charge >= 0.3 is 0 Å². The molecule has 0 amide bonds. The van der Waals surface area contributed by atoms with Crippen LogP contribution in [0.3, 0.4) is 0 Å². The summed E-state index contributed by atoms with van der Waals surface area (Å²) in [5.74, 6) is 0. The highest BCUT2D eigenvalue weighted by atomic mass is 16.1.